The number of guanidine groups is 1. The Morgan fingerprint density at radius 2 is 2.07 bits per heavy atom. The molecule has 0 aliphatic carbocycles. The summed E-state index contributed by atoms with van der Waals surface area (Å²) in [6.07, 6.45) is 2.44. The van der Waals surface area contributed by atoms with Crippen LogP contribution < -0.4 is 10.6 Å². The number of ether oxygens (including phenoxy) is 1. The van der Waals surface area contributed by atoms with Gasteiger partial charge in [0.25, 0.3) is 0 Å². The van der Waals surface area contributed by atoms with E-state index < -0.39 is 0 Å². The van der Waals surface area contributed by atoms with Gasteiger partial charge in [-0.3, -0.25) is 9.89 Å². The normalized spacial score (nSPS) is 16.9. The molecule has 156 valence electrons. The molecule has 0 atom stereocenters. The number of piperidine rings is 1. The van der Waals surface area contributed by atoms with Crippen LogP contribution in [0.3, 0.4) is 0 Å². The van der Waals surface area contributed by atoms with Gasteiger partial charge in [0.2, 0.25) is 0 Å². The Morgan fingerprint density at radius 1 is 1.37 bits per heavy atom. The molecular weight excluding hydrogens is 473 g/mol. The van der Waals surface area contributed by atoms with Crippen LogP contribution in [0.5, 0.6) is 0 Å². The van der Waals surface area contributed by atoms with Crippen LogP contribution in [-0.4, -0.2) is 61.3 Å². The average molecular weight is 510 g/mol. The molecule has 27 heavy (non-hydrogen) atoms. The molecule has 0 bridgehead atoms. The molecule has 1 fully saturated rings. The highest BCUT2D eigenvalue weighted by Crippen LogP contribution is 2.19. The third kappa shape index (κ3) is 9.06. The third-order valence-corrected chi connectivity index (χ3v) is 5.65. The molecule has 8 heteroatoms. The van der Waals surface area contributed by atoms with E-state index in [1.807, 2.05) is 0 Å². The molecule has 0 radical (unpaired) electrons. The summed E-state index contributed by atoms with van der Waals surface area (Å²) in [6, 6.07) is 0. The summed E-state index contributed by atoms with van der Waals surface area (Å²) in [5, 5.41) is 10.2. The van der Waals surface area contributed by atoms with Crippen LogP contribution in [0.2, 0.25) is 0 Å². The minimum atomic E-state index is -0.234. The molecule has 2 N–H and O–H groups in total. The second-order valence-corrected chi connectivity index (χ2v) is 8.68. The van der Waals surface area contributed by atoms with E-state index in [9.17, 15) is 0 Å². The quantitative estimate of drug-likeness (QED) is 0.320. The van der Waals surface area contributed by atoms with Crippen molar-refractivity contribution in [2.75, 3.05) is 39.8 Å². The number of aromatic nitrogens is 1. The Bertz CT molecular complexity index is 570. The van der Waals surface area contributed by atoms with Gasteiger partial charge in [-0.1, -0.05) is 0 Å². The van der Waals surface area contributed by atoms with Crippen molar-refractivity contribution in [2.45, 2.75) is 52.7 Å². The molecule has 1 aliphatic rings. The maximum atomic E-state index is 5.45. The van der Waals surface area contributed by atoms with Crippen LogP contribution in [0.25, 0.3) is 0 Å². The summed E-state index contributed by atoms with van der Waals surface area (Å²) < 4.78 is 5.45. The first kappa shape index (κ1) is 24.6. The molecule has 1 saturated heterocycles. The fraction of sp³-hybridized carbons (Fsp3) is 0.789. The predicted octanol–water partition coefficient (Wildman–Crippen LogP) is 3.26. The van der Waals surface area contributed by atoms with Crippen molar-refractivity contribution in [1.29, 1.82) is 0 Å². The van der Waals surface area contributed by atoms with E-state index in [4.69, 9.17) is 4.74 Å². The molecular formula is C19H36IN5OS. The van der Waals surface area contributed by atoms with Gasteiger partial charge in [-0.25, -0.2) is 4.98 Å². The van der Waals surface area contributed by atoms with Crippen molar-refractivity contribution in [2.24, 2.45) is 10.9 Å². The minimum absolute atomic E-state index is 0. The number of hydrogen-bond donors (Lipinski definition) is 2. The number of aliphatic imine (C=N–C) groups is 1. The Balaban J connectivity index is 0.00000364. The van der Waals surface area contributed by atoms with Gasteiger partial charge < -0.3 is 15.4 Å². The zero-order valence-corrected chi connectivity index (χ0v) is 20.5. The van der Waals surface area contributed by atoms with Crippen LogP contribution in [0.4, 0.5) is 0 Å². The van der Waals surface area contributed by atoms with Crippen LogP contribution in [0, 0.1) is 12.8 Å². The first-order valence-electron chi connectivity index (χ1n) is 9.62. The maximum absolute atomic E-state index is 5.45. The zero-order chi connectivity index (χ0) is 19.0. The predicted molar refractivity (Wildman–Crippen MR) is 125 cm³/mol. The number of methoxy groups -OCH3 is 1. The Kier molecular flexibility index (Phi) is 11.1. The molecule has 0 spiro atoms. The highest BCUT2D eigenvalue weighted by molar-refractivity contribution is 14.0. The molecule has 0 unspecified atom stereocenters. The average Bonchev–Trinajstić information content (AvgIpc) is 3.03. The van der Waals surface area contributed by atoms with Gasteiger partial charge in [0.05, 0.1) is 22.8 Å². The molecule has 6 nitrogen and oxygen atoms in total. The Morgan fingerprint density at radius 3 is 2.63 bits per heavy atom. The summed E-state index contributed by atoms with van der Waals surface area (Å²) >= 11 is 1.74. The lowest BCUT2D eigenvalue weighted by atomic mass is 9.97. The second kappa shape index (κ2) is 12.2. The van der Waals surface area contributed by atoms with Crippen LogP contribution >= 0.6 is 35.3 Å². The van der Waals surface area contributed by atoms with Crippen LogP contribution in [0.15, 0.2) is 10.4 Å². The lowest BCUT2D eigenvalue weighted by molar-refractivity contribution is 0.0310. The van der Waals surface area contributed by atoms with Crippen molar-refractivity contribution in [1.82, 2.24) is 20.5 Å². The van der Waals surface area contributed by atoms with Gasteiger partial charge in [-0.05, 0) is 59.5 Å². The van der Waals surface area contributed by atoms with Gasteiger partial charge in [-0.2, -0.15) is 0 Å². The highest BCUT2D eigenvalue weighted by atomic mass is 127. The van der Waals surface area contributed by atoms with Crippen molar-refractivity contribution < 1.29 is 4.74 Å². The largest absolute Gasteiger partial charge is 0.377 e. The summed E-state index contributed by atoms with van der Waals surface area (Å²) in [7, 11) is 1.73. The summed E-state index contributed by atoms with van der Waals surface area (Å²) in [4.78, 5) is 11.8. The Labute approximate surface area is 185 Å². The summed E-state index contributed by atoms with van der Waals surface area (Å²) in [6.45, 7) is 14.0. The number of aryl methyl sites for hydroxylation is 1. The Hall–Kier alpha value is -0.450. The van der Waals surface area contributed by atoms with Crippen molar-refractivity contribution in [3.05, 3.63) is 16.1 Å². The number of nitrogens with zero attached hydrogens (tertiary/aromatic N) is 3. The van der Waals surface area contributed by atoms with E-state index in [0.717, 1.165) is 43.7 Å². The number of rotatable bonds is 8. The second-order valence-electron chi connectivity index (χ2n) is 7.62. The van der Waals surface area contributed by atoms with Crippen molar-refractivity contribution in [3.63, 3.8) is 0 Å². The highest BCUT2D eigenvalue weighted by Gasteiger charge is 2.20. The summed E-state index contributed by atoms with van der Waals surface area (Å²) in [5.41, 5.74) is 0.980. The minimum Gasteiger partial charge on any atom is -0.377 e. The lowest BCUT2D eigenvalue weighted by Crippen LogP contribution is -2.43. The van der Waals surface area contributed by atoms with E-state index in [0.29, 0.717) is 12.5 Å². The molecule has 0 saturated carbocycles. The number of halogens is 1. The first-order valence-corrected chi connectivity index (χ1v) is 10.5. The number of thiazole rings is 1. The SMILES string of the molecule is CCNC(=NCC(C)(C)OC)NCC1CCN(Cc2csc(C)n2)CC1.I. The van der Waals surface area contributed by atoms with E-state index in [2.05, 4.69) is 58.6 Å². The maximum Gasteiger partial charge on any atom is 0.191 e. The summed E-state index contributed by atoms with van der Waals surface area (Å²) in [5.74, 6) is 1.58. The molecule has 0 aromatic carbocycles. The van der Waals surface area contributed by atoms with Gasteiger partial charge in [0.1, 0.15) is 0 Å². The van der Waals surface area contributed by atoms with Crippen LogP contribution in [-0.2, 0) is 11.3 Å². The van der Waals surface area contributed by atoms with Crippen LogP contribution in [0.1, 0.15) is 44.3 Å². The molecule has 0 amide bonds. The van der Waals surface area contributed by atoms with Crippen molar-refractivity contribution >= 4 is 41.3 Å². The third-order valence-electron chi connectivity index (χ3n) is 4.83. The molecule has 2 rings (SSSR count). The van der Waals surface area contributed by atoms with Gasteiger partial charge >= 0.3 is 0 Å². The van der Waals surface area contributed by atoms with Gasteiger partial charge in [-0.15, -0.1) is 35.3 Å². The number of hydrogen-bond acceptors (Lipinski definition) is 5. The topological polar surface area (TPSA) is 61.8 Å². The van der Waals surface area contributed by atoms with E-state index in [1.54, 1.807) is 18.4 Å². The van der Waals surface area contributed by atoms with E-state index in [1.165, 1.54) is 18.5 Å². The standard InChI is InChI=1S/C19H35N5OS.HI/c1-6-20-18(22-14-19(3,4)25-5)21-11-16-7-9-24(10-8-16)12-17-13-26-15(2)23-17;/h13,16H,6-12,14H2,1-5H3,(H2,20,21,22);1H. The molecule has 1 aromatic rings. The molecule has 2 heterocycles. The lowest BCUT2D eigenvalue weighted by Gasteiger charge is -2.32. The number of nitrogens with one attached hydrogen (secondary N) is 2. The molecule has 1 aliphatic heterocycles. The van der Waals surface area contributed by atoms with E-state index in [-0.39, 0.29) is 29.6 Å². The number of likely N-dealkylation sites (tertiary alicyclic amines) is 1. The zero-order valence-electron chi connectivity index (χ0n) is 17.4. The smallest absolute Gasteiger partial charge is 0.191 e. The van der Waals surface area contributed by atoms with Crippen molar-refractivity contribution in [3.8, 4) is 0 Å². The first-order chi connectivity index (χ1) is 12.4. The van der Waals surface area contributed by atoms with Gasteiger partial charge in [0.15, 0.2) is 5.96 Å². The van der Waals surface area contributed by atoms with E-state index >= 15 is 0 Å². The fourth-order valence-corrected chi connectivity index (χ4v) is 3.58. The fourth-order valence-electron chi connectivity index (χ4n) is 2.98. The molecule has 1 aromatic heterocycles. The monoisotopic (exact) mass is 509 g/mol. The van der Waals surface area contributed by atoms with Gasteiger partial charge in [0, 0.05) is 32.1 Å².